The van der Waals surface area contributed by atoms with Crippen LogP contribution in [0.2, 0.25) is 0 Å². The van der Waals surface area contributed by atoms with Crippen LogP contribution in [0.3, 0.4) is 0 Å². The molecule has 11 heavy (non-hydrogen) atoms. The van der Waals surface area contributed by atoms with E-state index in [1.54, 1.807) is 0 Å². The van der Waals surface area contributed by atoms with Crippen LogP contribution in [0.5, 0.6) is 0 Å². The van der Waals surface area contributed by atoms with Gasteiger partial charge in [0.2, 0.25) is 0 Å². The monoisotopic (exact) mass is 158 g/mol. The van der Waals surface area contributed by atoms with Crippen LogP contribution in [0, 0.1) is 0 Å². The molecule has 0 unspecified atom stereocenters. The third-order valence-corrected chi connectivity index (χ3v) is 1.73. The summed E-state index contributed by atoms with van der Waals surface area (Å²) in [6.45, 7) is 0.314. The maximum absolute atomic E-state index is 9.91. The van der Waals surface area contributed by atoms with E-state index in [-0.39, 0.29) is 0 Å². The van der Waals surface area contributed by atoms with Crippen molar-refractivity contribution in [2.75, 3.05) is 6.61 Å². The predicted molar refractivity (Wildman–Crippen MR) is 45.5 cm³/mol. The third-order valence-electron chi connectivity index (χ3n) is 1.73. The number of hydrogen-bond acceptors (Lipinski definition) is 2. The van der Waals surface area contributed by atoms with Crippen LogP contribution >= 0.6 is 0 Å². The van der Waals surface area contributed by atoms with Gasteiger partial charge in [-0.05, 0) is 12.8 Å². The second kappa shape index (κ2) is 9.63. The minimum absolute atomic E-state index is 0.314. The van der Waals surface area contributed by atoms with Gasteiger partial charge in [-0.25, -0.2) is 0 Å². The molecule has 0 aliphatic rings. The number of unbranched alkanes of at least 4 members (excludes halogenated alkanes) is 6. The molecule has 0 rings (SSSR count). The Morgan fingerprint density at radius 3 is 2.00 bits per heavy atom. The summed E-state index contributed by atoms with van der Waals surface area (Å²) in [5.41, 5.74) is 0. The Bertz CT molecular complexity index is 81.6. The maximum Gasteiger partial charge on any atom is 0.119 e. The standard InChI is InChI=1S/C9H18O2/c10-8-6-4-2-1-3-5-7-9-11/h8,11H,1-7,9H2. The molecule has 0 aliphatic heterocycles. The number of rotatable bonds is 8. The Kier molecular flexibility index (Phi) is 9.31. The van der Waals surface area contributed by atoms with Crippen molar-refractivity contribution >= 4 is 6.29 Å². The highest BCUT2D eigenvalue weighted by Crippen LogP contribution is 2.05. The van der Waals surface area contributed by atoms with Crippen molar-refractivity contribution in [2.24, 2.45) is 0 Å². The Morgan fingerprint density at radius 1 is 0.909 bits per heavy atom. The van der Waals surface area contributed by atoms with Gasteiger partial charge >= 0.3 is 0 Å². The second-order valence-corrected chi connectivity index (χ2v) is 2.80. The minimum atomic E-state index is 0.314. The van der Waals surface area contributed by atoms with E-state index in [0.29, 0.717) is 13.0 Å². The highest BCUT2D eigenvalue weighted by Gasteiger charge is 1.89. The number of aliphatic hydroxyl groups is 1. The van der Waals surface area contributed by atoms with Gasteiger partial charge in [0.05, 0.1) is 0 Å². The second-order valence-electron chi connectivity index (χ2n) is 2.80. The molecule has 0 aromatic heterocycles. The lowest BCUT2D eigenvalue weighted by Gasteiger charge is -1.97. The van der Waals surface area contributed by atoms with Crippen molar-refractivity contribution in [1.29, 1.82) is 0 Å². The zero-order chi connectivity index (χ0) is 8.36. The Hall–Kier alpha value is -0.370. The molecule has 2 nitrogen and oxygen atoms in total. The van der Waals surface area contributed by atoms with Crippen LogP contribution in [0.1, 0.15) is 44.9 Å². The van der Waals surface area contributed by atoms with Crippen molar-refractivity contribution in [3.8, 4) is 0 Å². The largest absolute Gasteiger partial charge is 0.396 e. The van der Waals surface area contributed by atoms with Crippen molar-refractivity contribution in [2.45, 2.75) is 44.9 Å². The van der Waals surface area contributed by atoms with Crippen LogP contribution in [0.25, 0.3) is 0 Å². The fraction of sp³-hybridized carbons (Fsp3) is 0.889. The number of aliphatic hydroxyl groups excluding tert-OH is 1. The smallest absolute Gasteiger partial charge is 0.119 e. The molecule has 0 aliphatic carbocycles. The third kappa shape index (κ3) is 9.63. The number of carbonyl (C=O) groups is 1. The molecule has 0 bridgehead atoms. The van der Waals surface area contributed by atoms with Crippen molar-refractivity contribution in [1.82, 2.24) is 0 Å². The summed E-state index contributed by atoms with van der Waals surface area (Å²) < 4.78 is 0. The highest BCUT2D eigenvalue weighted by molar-refractivity contribution is 5.48. The summed E-state index contributed by atoms with van der Waals surface area (Å²) in [7, 11) is 0. The quantitative estimate of drug-likeness (QED) is 0.433. The van der Waals surface area contributed by atoms with E-state index in [9.17, 15) is 4.79 Å². The molecule has 0 amide bonds. The Balaban J connectivity index is 2.74. The molecule has 0 heterocycles. The average molecular weight is 158 g/mol. The normalized spacial score (nSPS) is 9.91. The van der Waals surface area contributed by atoms with E-state index in [0.717, 1.165) is 32.0 Å². The van der Waals surface area contributed by atoms with Gasteiger partial charge in [0.25, 0.3) is 0 Å². The van der Waals surface area contributed by atoms with Gasteiger partial charge < -0.3 is 9.90 Å². The molecule has 0 saturated carbocycles. The molecule has 66 valence electrons. The first-order valence-corrected chi connectivity index (χ1v) is 4.46. The van der Waals surface area contributed by atoms with Crippen molar-refractivity contribution in [3.05, 3.63) is 0 Å². The number of aldehydes is 1. The molecule has 0 radical (unpaired) electrons. The summed E-state index contributed by atoms with van der Waals surface area (Å²) in [5, 5.41) is 8.46. The summed E-state index contributed by atoms with van der Waals surface area (Å²) in [6, 6.07) is 0. The first kappa shape index (κ1) is 10.6. The van der Waals surface area contributed by atoms with Crippen molar-refractivity contribution in [3.63, 3.8) is 0 Å². The van der Waals surface area contributed by atoms with Gasteiger partial charge in [0.15, 0.2) is 0 Å². The van der Waals surface area contributed by atoms with E-state index in [2.05, 4.69) is 0 Å². The van der Waals surface area contributed by atoms with Gasteiger partial charge in [-0.1, -0.05) is 25.7 Å². The van der Waals surface area contributed by atoms with Crippen molar-refractivity contribution < 1.29 is 9.90 Å². The molecule has 0 fully saturated rings. The van der Waals surface area contributed by atoms with E-state index >= 15 is 0 Å². The fourth-order valence-corrected chi connectivity index (χ4v) is 1.05. The molecule has 0 aromatic carbocycles. The zero-order valence-electron chi connectivity index (χ0n) is 7.09. The Labute approximate surface area is 68.6 Å². The lowest BCUT2D eigenvalue weighted by atomic mass is 10.1. The topological polar surface area (TPSA) is 37.3 Å². The van der Waals surface area contributed by atoms with Crippen LogP contribution in [0.15, 0.2) is 0 Å². The fourth-order valence-electron chi connectivity index (χ4n) is 1.05. The molecular formula is C9H18O2. The van der Waals surface area contributed by atoms with Crippen LogP contribution < -0.4 is 0 Å². The summed E-state index contributed by atoms with van der Waals surface area (Å²) in [4.78, 5) is 9.91. The SMILES string of the molecule is O=CCCCCCCCCO. The molecule has 0 spiro atoms. The first-order chi connectivity index (χ1) is 5.41. The zero-order valence-corrected chi connectivity index (χ0v) is 7.09. The minimum Gasteiger partial charge on any atom is -0.396 e. The van der Waals surface area contributed by atoms with Gasteiger partial charge in [-0.2, -0.15) is 0 Å². The lowest BCUT2D eigenvalue weighted by Crippen LogP contribution is -1.84. The molecule has 2 heteroatoms. The molecule has 0 atom stereocenters. The van der Waals surface area contributed by atoms with Crippen LogP contribution in [0.4, 0.5) is 0 Å². The maximum atomic E-state index is 9.91. The van der Waals surface area contributed by atoms with E-state index in [4.69, 9.17) is 5.11 Å². The van der Waals surface area contributed by atoms with Gasteiger partial charge in [0, 0.05) is 13.0 Å². The van der Waals surface area contributed by atoms with Gasteiger partial charge in [-0.15, -0.1) is 0 Å². The number of hydrogen-bond donors (Lipinski definition) is 1. The first-order valence-electron chi connectivity index (χ1n) is 4.46. The van der Waals surface area contributed by atoms with Gasteiger partial charge in [0.1, 0.15) is 6.29 Å². The number of carbonyl (C=O) groups excluding carboxylic acids is 1. The van der Waals surface area contributed by atoms with E-state index in [1.807, 2.05) is 0 Å². The molecular weight excluding hydrogens is 140 g/mol. The van der Waals surface area contributed by atoms with Crippen LogP contribution in [-0.2, 0) is 4.79 Å². The van der Waals surface area contributed by atoms with Gasteiger partial charge in [-0.3, -0.25) is 0 Å². The van der Waals surface area contributed by atoms with Crippen LogP contribution in [-0.4, -0.2) is 18.0 Å². The molecule has 0 saturated heterocycles. The summed E-state index contributed by atoms with van der Waals surface area (Å²) in [6.07, 6.45) is 8.32. The lowest BCUT2D eigenvalue weighted by molar-refractivity contribution is -0.107. The molecule has 0 aromatic rings. The summed E-state index contributed by atoms with van der Waals surface area (Å²) in [5.74, 6) is 0. The molecule has 1 N–H and O–H groups in total. The average Bonchev–Trinajstić information content (AvgIpc) is 2.03. The van der Waals surface area contributed by atoms with E-state index in [1.165, 1.54) is 12.8 Å². The highest BCUT2D eigenvalue weighted by atomic mass is 16.2. The predicted octanol–water partition coefficient (Wildman–Crippen LogP) is 1.91. The van der Waals surface area contributed by atoms with E-state index < -0.39 is 0 Å². The summed E-state index contributed by atoms with van der Waals surface area (Å²) >= 11 is 0. The Morgan fingerprint density at radius 2 is 1.45 bits per heavy atom.